The van der Waals surface area contributed by atoms with Gasteiger partial charge in [0.15, 0.2) is 0 Å². The molecule has 0 saturated carbocycles. The summed E-state index contributed by atoms with van der Waals surface area (Å²) < 4.78 is 0. The molecule has 0 N–H and O–H groups in total. The first-order valence-corrected chi connectivity index (χ1v) is 5.54. The summed E-state index contributed by atoms with van der Waals surface area (Å²) in [6.07, 6.45) is 4.23. The summed E-state index contributed by atoms with van der Waals surface area (Å²) in [6, 6.07) is 0. The normalized spacial score (nSPS) is 29.3. The van der Waals surface area contributed by atoms with Crippen molar-refractivity contribution < 1.29 is 0 Å². The van der Waals surface area contributed by atoms with Gasteiger partial charge in [-0.15, -0.1) is 0 Å². The van der Waals surface area contributed by atoms with Crippen molar-refractivity contribution in [3.8, 4) is 0 Å². The second-order valence-electron chi connectivity index (χ2n) is 4.27. The molecule has 3 heteroatoms. The van der Waals surface area contributed by atoms with Gasteiger partial charge in [-0.1, -0.05) is 6.42 Å². The Morgan fingerprint density at radius 1 is 0.615 bits per heavy atom. The van der Waals surface area contributed by atoms with Gasteiger partial charge in [0.1, 0.15) is 0 Å². The van der Waals surface area contributed by atoms with Crippen molar-refractivity contribution in [1.82, 2.24) is 14.9 Å². The average Bonchev–Trinajstić information content (AvgIpc) is 2.20. The summed E-state index contributed by atoms with van der Waals surface area (Å²) in [7, 11) is 2.22. The van der Waals surface area contributed by atoms with Gasteiger partial charge in [0.05, 0.1) is 0 Å². The molecule has 0 aromatic carbocycles. The fraction of sp³-hybridized carbons (Fsp3) is 1.00. The van der Waals surface area contributed by atoms with Crippen LogP contribution >= 0.6 is 0 Å². The average molecular weight is 183 g/mol. The Hall–Kier alpha value is -0.120. The zero-order valence-electron chi connectivity index (χ0n) is 8.71. The van der Waals surface area contributed by atoms with Gasteiger partial charge < -0.3 is 4.90 Å². The Labute approximate surface area is 81.3 Å². The summed E-state index contributed by atoms with van der Waals surface area (Å²) in [5, 5.41) is 5.12. The third-order valence-electron chi connectivity index (χ3n) is 3.21. The van der Waals surface area contributed by atoms with E-state index in [-0.39, 0.29) is 0 Å². The topological polar surface area (TPSA) is 9.72 Å². The first-order chi connectivity index (χ1) is 6.36. The fourth-order valence-corrected chi connectivity index (χ4v) is 2.24. The molecular formula is C10H21N3. The number of hydrogen-bond acceptors (Lipinski definition) is 3. The van der Waals surface area contributed by atoms with E-state index < -0.39 is 0 Å². The smallest absolute Gasteiger partial charge is 0.0261 e. The Morgan fingerprint density at radius 3 is 1.77 bits per heavy atom. The van der Waals surface area contributed by atoms with Crippen LogP contribution in [0, 0.1) is 0 Å². The molecule has 2 aliphatic heterocycles. The van der Waals surface area contributed by atoms with Crippen molar-refractivity contribution in [3.63, 3.8) is 0 Å². The molecule has 2 aliphatic rings. The third-order valence-corrected chi connectivity index (χ3v) is 3.21. The number of nitrogens with zero attached hydrogens (tertiary/aromatic N) is 3. The number of rotatable bonds is 1. The maximum Gasteiger partial charge on any atom is 0.0261 e. The van der Waals surface area contributed by atoms with Crippen LogP contribution in [-0.2, 0) is 0 Å². The zero-order valence-corrected chi connectivity index (χ0v) is 8.71. The number of piperidine rings is 1. The van der Waals surface area contributed by atoms with Crippen LogP contribution in [0.5, 0.6) is 0 Å². The summed E-state index contributed by atoms with van der Waals surface area (Å²) in [4.78, 5) is 2.42. The molecular weight excluding hydrogens is 162 g/mol. The Balaban J connectivity index is 1.79. The predicted octanol–water partition coefficient (Wildman–Crippen LogP) is 0.635. The second-order valence-corrected chi connectivity index (χ2v) is 4.27. The minimum absolute atomic E-state index is 1.23. The number of hydrogen-bond donors (Lipinski definition) is 0. The molecule has 0 bridgehead atoms. The highest BCUT2D eigenvalue weighted by atomic mass is 15.6. The molecule has 0 aromatic heterocycles. The molecule has 0 radical (unpaired) electrons. The lowest BCUT2D eigenvalue weighted by Gasteiger charge is -2.41. The second kappa shape index (κ2) is 4.40. The Kier molecular flexibility index (Phi) is 3.19. The minimum Gasteiger partial charge on any atom is -0.304 e. The largest absolute Gasteiger partial charge is 0.304 e. The maximum absolute atomic E-state index is 2.57. The van der Waals surface area contributed by atoms with Crippen LogP contribution in [-0.4, -0.2) is 61.2 Å². The summed E-state index contributed by atoms with van der Waals surface area (Å²) in [5.74, 6) is 0. The Morgan fingerprint density at radius 2 is 1.15 bits per heavy atom. The predicted molar refractivity (Wildman–Crippen MR) is 54.5 cm³/mol. The van der Waals surface area contributed by atoms with Gasteiger partial charge in [-0.2, -0.15) is 0 Å². The van der Waals surface area contributed by atoms with Gasteiger partial charge in [-0.3, -0.25) is 0 Å². The molecule has 2 fully saturated rings. The molecule has 0 aromatic rings. The first kappa shape index (κ1) is 9.44. The van der Waals surface area contributed by atoms with Crippen LogP contribution in [0.4, 0.5) is 0 Å². The summed E-state index contributed by atoms with van der Waals surface area (Å²) in [6.45, 7) is 7.52. The van der Waals surface area contributed by atoms with E-state index in [1.165, 1.54) is 58.5 Å². The standard InChI is InChI=1S/C10H21N3/c1-11-7-9-13(10-8-11)12-5-3-2-4-6-12/h2-10H2,1H3. The van der Waals surface area contributed by atoms with Crippen LogP contribution in [0.3, 0.4) is 0 Å². The monoisotopic (exact) mass is 183 g/mol. The van der Waals surface area contributed by atoms with Crippen LogP contribution in [0.1, 0.15) is 19.3 Å². The van der Waals surface area contributed by atoms with E-state index in [0.717, 1.165) is 0 Å². The van der Waals surface area contributed by atoms with E-state index in [2.05, 4.69) is 22.0 Å². The van der Waals surface area contributed by atoms with E-state index in [1.54, 1.807) is 0 Å². The highest BCUT2D eigenvalue weighted by Crippen LogP contribution is 2.12. The molecule has 2 saturated heterocycles. The van der Waals surface area contributed by atoms with Crippen molar-refractivity contribution in [2.24, 2.45) is 0 Å². The number of hydrazine groups is 1. The van der Waals surface area contributed by atoms with Crippen LogP contribution in [0.25, 0.3) is 0 Å². The molecule has 3 nitrogen and oxygen atoms in total. The molecule has 0 spiro atoms. The molecule has 13 heavy (non-hydrogen) atoms. The van der Waals surface area contributed by atoms with Gasteiger partial charge in [0.25, 0.3) is 0 Å². The Bertz CT molecular complexity index is 146. The molecule has 0 aliphatic carbocycles. The lowest BCUT2D eigenvalue weighted by atomic mass is 10.1. The van der Waals surface area contributed by atoms with Crippen molar-refractivity contribution in [3.05, 3.63) is 0 Å². The minimum atomic E-state index is 1.23. The van der Waals surface area contributed by atoms with Gasteiger partial charge >= 0.3 is 0 Å². The molecule has 0 atom stereocenters. The quantitative estimate of drug-likeness (QED) is 0.590. The summed E-state index contributed by atoms with van der Waals surface area (Å²) in [5.41, 5.74) is 0. The van der Waals surface area contributed by atoms with E-state index in [1.807, 2.05) is 0 Å². The maximum atomic E-state index is 2.57. The fourth-order valence-electron chi connectivity index (χ4n) is 2.24. The first-order valence-electron chi connectivity index (χ1n) is 5.54. The van der Waals surface area contributed by atoms with Gasteiger partial charge in [0.2, 0.25) is 0 Å². The number of likely N-dealkylation sites (N-methyl/N-ethyl adjacent to an activating group) is 1. The summed E-state index contributed by atoms with van der Waals surface area (Å²) >= 11 is 0. The SMILES string of the molecule is CN1CCN(N2CCCCC2)CC1. The van der Waals surface area contributed by atoms with Crippen molar-refractivity contribution >= 4 is 0 Å². The van der Waals surface area contributed by atoms with Crippen LogP contribution in [0.15, 0.2) is 0 Å². The third kappa shape index (κ3) is 2.42. The van der Waals surface area contributed by atoms with Gasteiger partial charge in [0, 0.05) is 39.3 Å². The van der Waals surface area contributed by atoms with Crippen molar-refractivity contribution in [2.45, 2.75) is 19.3 Å². The van der Waals surface area contributed by atoms with E-state index in [4.69, 9.17) is 0 Å². The highest BCUT2D eigenvalue weighted by molar-refractivity contribution is 4.70. The molecule has 2 heterocycles. The molecule has 0 unspecified atom stereocenters. The van der Waals surface area contributed by atoms with E-state index >= 15 is 0 Å². The molecule has 0 amide bonds. The van der Waals surface area contributed by atoms with E-state index in [9.17, 15) is 0 Å². The lowest BCUT2D eigenvalue weighted by molar-refractivity contribution is -0.0645. The highest BCUT2D eigenvalue weighted by Gasteiger charge is 2.21. The van der Waals surface area contributed by atoms with Gasteiger partial charge in [-0.25, -0.2) is 10.0 Å². The van der Waals surface area contributed by atoms with Crippen molar-refractivity contribution in [1.29, 1.82) is 0 Å². The van der Waals surface area contributed by atoms with E-state index in [0.29, 0.717) is 0 Å². The number of piperazine rings is 1. The lowest BCUT2D eigenvalue weighted by Crippen LogP contribution is -2.54. The zero-order chi connectivity index (χ0) is 9.10. The van der Waals surface area contributed by atoms with Crippen LogP contribution < -0.4 is 0 Å². The van der Waals surface area contributed by atoms with Gasteiger partial charge in [-0.05, 0) is 19.9 Å². The van der Waals surface area contributed by atoms with Crippen molar-refractivity contribution in [2.75, 3.05) is 46.3 Å². The molecule has 2 rings (SSSR count). The van der Waals surface area contributed by atoms with Crippen LogP contribution in [0.2, 0.25) is 0 Å². The molecule has 76 valence electrons.